The van der Waals surface area contributed by atoms with Crippen molar-refractivity contribution in [2.24, 2.45) is 0 Å². The molecule has 1 aromatic carbocycles. The zero-order chi connectivity index (χ0) is 13.2. The Labute approximate surface area is 108 Å². The Morgan fingerprint density at radius 1 is 1.21 bits per heavy atom. The molecular formula is C14H9FN4. The summed E-state index contributed by atoms with van der Waals surface area (Å²) < 4.78 is 15.1. The van der Waals surface area contributed by atoms with E-state index in [9.17, 15) is 4.39 Å². The van der Waals surface area contributed by atoms with Crippen LogP contribution in [0.3, 0.4) is 0 Å². The van der Waals surface area contributed by atoms with Gasteiger partial charge in [0, 0.05) is 12.6 Å². The number of benzene rings is 1. The molecule has 4 nitrogen and oxygen atoms in total. The minimum Gasteiger partial charge on any atom is -0.221 e. The van der Waals surface area contributed by atoms with E-state index in [0.29, 0.717) is 17.7 Å². The fraction of sp³-hybridized carbons (Fsp3) is 0.0714. The molecule has 0 aliphatic heterocycles. The fourth-order valence-corrected chi connectivity index (χ4v) is 2.02. The minimum atomic E-state index is -0.272. The van der Waals surface area contributed by atoms with Crippen LogP contribution < -0.4 is 0 Å². The highest BCUT2D eigenvalue weighted by Crippen LogP contribution is 2.17. The van der Waals surface area contributed by atoms with Gasteiger partial charge in [-0.05, 0) is 23.8 Å². The first-order chi connectivity index (χ1) is 9.29. The van der Waals surface area contributed by atoms with E-state index in [1.54, 1.807) is 30.5 Å². The second-order valence-electron chi connectivity index (χ2n) is 4.08. The molecule has 0 aliphatic carbocycles. The molecule has 0 atom stereocenters. The molecule has 5 heteroatoms. The van der Waals surface area contributed by atoms with Crippen LogP contribution in [-0.2, 0) is 6.42 Å². The van der Waals surface area contributed by atoms with E-state index < -0.39 is 0 Å². The van der Waals surface area contributed by atoms with Gasteiger partial charge in [0.05, 0.1) is 11.2 Å². The quantitative estimate of drug-likeness (QED) is 0.703. The van der Waals surface area contributed by atoms with Crippen molar-refractivity contribution >= 4 is 5.52 Å². The van der Waals surface area contributed by atoms with Gasteiger partial charge in [0.1, 0.15) is 11.9 Å². The summed E-state index contributed by atoms with van der Waals surface area (Å²) in [5.41, 5.74) is 1.92. The molecule has 0 aliphatic rings. The third-order valence-electron chi connectivity index (χ3n) is 2.90. The number of rotatable bonds is 2. The van der Waals surface area contributed by atoms with E-state index in [1.165, 1.54) is 10.6 Å². The van der Waals surface area contributed by atoms with Gasteiger partial charge in [-0.15, -0.1) is 0 Å². The van der Waals surface area contributed by atoms with Crippen LogP contribution >= 0.6 is 0 Å². The van der Waals surface area contributed by atoms with Crippen LogP contribution in [0.1, 0.15) is 17.1 Å². The van der Waals surface area contributed by atoms with Gasteiger partial charge in [-0.2, -0.15) is 10.4 Å². The maximum absolute atomic E-state index is 13.6. The standard InChI is InChI=1S/C14H9FN4/c15-11-5-2-1-4-10(11)8-12-13-6-3-7-17-19(13)14(9-16)18-12/h1-7H,8H2. The summed E-state index contributed by atoms with van der Waals surface area (Å²) in [5.74, 6) is -0.0620. The number of halogens is 1. The molecule has 3 rings (SSSR count). The van der Waals surface area contributed by atoms with Crippen molar-refractivity contribution < 1.29 is 4.39 Å². The molecule has 0 bridgehead atoms. The molecule has 3 aromatic rings. The van der Waals surface area contributed by atoms with Crippen molar-refractivity contribution in [3.8, 4) is 6.07 Å². The molecule has 0 amide bonds. The maximum atomic E-state index is 13.6. The minimum absolute atomic E-state index is 0.210. The highest BCUT2D eigenvalue weighted by atomic mass is 19.1. The normalized spacial score (nSPS) is 10.5. The topological polar surface area (TPSA) is 54.0 Å². The average Bonchev–Trinajstić information content (AvgIpc) is 2.80. The number of nitriles is 1. The summed E-state index contributed by atoms with van der Waals surface area (Å²) in [6.07, 6.45) is 1.92. The Balaban J connectivity index is 2.12. The summed E-state index contributed by atoms with van der Waals surface area (Å²) in [7, 11) is 0. The molecule has 2 heterocycles. The van der Waals surface area contributed by atoms with Crippen LogP contribution in [0.5, 0.6) is 0 Å². The molecule has 0 unspecified atom stereocenters. The first kappa shape index (κ1) is 11.4. The van der Waals surface area contributed by atoms with E-state index in [2.05, 4.69) is 10.1 Å². The number of hydrogen-bond acceptors (Lipinski definition) is 3. The number of hydrogen-bond donors (Lipinski definition) is 0. The second kappa shape index (κ2) is 4.50. The Morgan fingerprint density at radius 3 is 2.84 bits per heavy atom. The number of aromatic nitrogens is 3. The average molecular weight is 252 g/mol. The first-order valence-electron chi connectivity index (χ1n) is 5.76. The summed E-state index contributed by atoms with van der Waals surface area (Å²) >= 11 is 0. The fourth-order valence-electron chi connectivity index (χ4n) is 2.02. The predicted octanol–water partition coefficient (Wildman–Crippen LogP) is 2.33. The molecule has 92 valence electrons. The predicted molar refractivity (Wildman–Crippen MR) is 66.9 cm³/mol. The molecule has 0 fully saturated rings. The third-order valence-corrected chi connectivity index (χ3v) is 2.90. The highest BCUT2D eigenvalue weighted by Gasteiger charge is 2.13. The summed E-state index contributed by atoms with van der Waals surface area (Å²) in [5, 5.41) is 13.1. The van der Waals surface area contributed by atoms with Gasteiger partial charge in [0.15, 0.2) is 0 Å². The van der Waals surface area contributed by atoms with Crippen molar-refractivity contribution in [1.29, 1.82) is 5.26 Å². The SMILES string of the molecule is N#Cc1nc(Cc2ccccc2F)c2cccnn12. The monoisotopic (exact) mass is 252 g/mol. The smallest absolute Gasteiger partial charge is 0.221 e. The van der Waals surface area contributed by atoms with Crippen LogP contribution in [0.25, 0.3) is 5.52 Å². The lowest BCUT2D eigenvalue weighted by Crippen LogP contribution is -1.94. The number of nitrogens with zero attached hydrogens (tertiary/aromatic N) is 4. The van der Waals surface area contributed by atoms with E-state index in [-0.39, 0.29) is 11.6 Å². The lowest BCUT2D eigenvalue weighted by molar-refractivity contribution is 0.613. The van der Waals surface area contributed by atoms with Crippen LogP contribution in [0.4, 0.5) is 4.39 Å². The van der Waals surface area contributed by atoms with E-state index >= 15 is 0 Å². The van der Waals surface area contributed by atoms with Crippen molar-refractivity contribution in [2.75, 3.05) is 0 Å². The first-order valence-corrected chi connectivity index (χ1v) is 5.76. The highest BCUT2D eigenvalue weighted by molar-refractivity contribution is 5.54. The van der Waals surface area contributed by atoms with Crippen molar-refractivity contribution in [3.05, 3.63) is 65.5 Å². The molecule has 0 saturated carbocycles. The number of imidazole rings is 1. The van der Waals surface area contributed by atoms with Gasteiger partial charge < -0.3 is 0 Å². The van der Waals surface area contributed by atoms with Gasteiger partial charge in [0.2, 0.25) is 5.82 Å². The zero-order valence-electron chi connectivity index (χ0n) is 9.92. The Morgan fingerprint density at radius 2 is 2.05 bits per heavy atom. The van der Waals surface area contributed by atoms with Crippen LogP contribution in [0.2, 0.25) is 0 Å². The van der Waals surface area contributed by atoms with Crippen LogP contribution in [-0.4, -0.2) is 14.6 Å². The number of fused-ring (bicyclic) bond motifs is 1. The van der Waals surface area contributed by atoms with Crippen molar-refractivity contribution in [1.82, 2.24) is 14.6 Å². The van der Waals surface area contributed by atoms with Gasteiger partial charge in [-0.3, -0.25) is 0 Å². The largest absolute Gasteiger partial charge is 0.234 e. The zero-order valence-corrected chi connectivity index (χ0v) is 9.92. The van der Waals surface area contributed by atoms with Gasteiger partial charge in [-0.25, -0.2) is 13.9 Å². The van der Waals surface area contributed by atoms with Crippen LogP contribution in [0, 0.1) is 17.1 Å². The molecule has 0 spiro atoms. The molecule has 0 radical (unpaired) electrons. The Kier molecular flexibility index (Phi) is 2.69. The van der Waals surface area contributed by atoms with Crippen molar-refractivity contribution in [2.45, 2.75) is 6.42 Å². The van der Waals surface area contributed by atoms with E-state index in [1.807, 2.05) is 12.1 Å². The Bertz CT molecular complexity index is 785. The third kappa shape index (κ3) is 1.93. The second-order valence-corrected chi connectivity index (χ2v) is 4.08. The molecular weight excluding hydrogens is 243 g/mol. The molecule has 0 saturated heterocycles. The molecule has 2 aromatic heterocycles. The van der Waals surface area contributed by atoms with Gasteiger partial charge in [0.25, 0.3) is 0 Å². The van der Waals surface area contributed by atoms with Gasteiger partial charge >= 0.3 is 0 Å². The van der Waals surface area contributed by atoms with Crippen molar-refractivity contribution in [3.63, 3.8) is 0 Å². The molecule has 19 heavy (non-hydrogen) atoms. The lowest BCUT2D eigenvalue weighted by atomic mass is 10.1. The summed E-state index contributed by atoms with van der Waals surface area (Å²) in [6.45, 7) is 0. The van der Waals surface area contributed by atoms with Crippen LogP contribution in [0.15, 0.2) is 42.6 Å². The maximum Gasteiger partial charge on any atom is 0.234 e. The molecule has 0 N–H and O–H groups in total. The summed E-state index contributed by atoms with van der Waals surface area (Å²) in [6, 6.07) is 12.1. The van der Waals surface area contributed by atoms with E-state index in [0.717, 1.165) is 5.52 Å². The Hall–Kier alpha value is -2.74. The lowest BCUT2D eigenvalue weighted by Gasteiger charge is -2.00. The van der Waals surface area contributed by atoms with Gasteiger partial charge in [-0.1, -0.05) is 18.2 Å². The summed E-state index contributed by atoms with van der Waals surface area (Å²) in [4.78, 5) is 4.22. The van der Waals surface area contributed by atoms with E-state index in [4.69, 9.17) is 5.26 Å².